The Morgan fingerprint density at radius 2 is 0.279 bits per heavy atom. The molecule has 0 saturated heterocycles. The maximum absolute atomic E-state index is 9.82. The third-order valence-corrected chi connectivity index (χ3v) is 5.54. The molecule has 0 aliphatic carbocycles. The van der Waals surface area contributed by atoms with Crippen LogP contribution in [0.3, 0.4) is 0 Å². The average Bonchev–Trinajstić information content (AvgIpc) is 3.20. The third kappa shape index (κ3) is 243. The number of ether oxygens (including phenoxy) is 9. The monoisotopic (exact) mass is 993 g/mol. The van der Waals surface area contributed by atoms with E-state index in [1.54, 1.807) is 62.3 Å². The molecule has 0 heterocycles. The molecule has 68 heavy (non-hydrogen) atoms. The summed E-state index contributed by atoms with van der Waals surface area (Å²) in [6, 6.07) is 0. The van der Waals surface area contributed by atoms with Crippen molar-refractivity contribution in [1.82, 2.24) is 0 Å². The molecule has 0 aliphatic heterocycles. The van der Waals surface area contributed by atoms with Crippen LogP contribution in [0.5, 0.6) is 0 Å². The second kappa shape index (κ2) is 92.5. The molecule has 0 unspecified atom stereocenters. The quantitative estimate of drug-likeness (QED) is 0.0748. The molecule has 0 N–H and O–H groups in total. The van der Waals surface area contributed by atoms with E-state index in [1.165, 1.54) is 127 Å². The summed E-state index contributed by atoms with van der Waals surface area (Å²) in [6.45, 7) is 41.9. The first-order valence-electron chi connectivity index (χ1n) is 24.0. The van der Waals surface area contributed by atoms with E-state index in [9.17, 15) is 43.2 Å². The second-order valence-electron chi connectivity index (χ2n) is 12.4. The van der Waals surface area contributed by atoms with Crippen molar-refractivity contribution in [3.8, 4) is 0 Å². The Balaban J connectivity index is -0.0000000584. The van der Waals surface area contributed by atoms with Gasteiger partial charge in [0, 0.05) is 62.3 Å². The van der Waals surface area contributed by atoms with E-state index < -0.39 is 0 Å². The predicted octanol–water partition coefficient (Wildman–Crippen LogP) is 11.1. The first-order valence-corrected chi connectivity index (χ1v) is 24.0. The molecule has 0 saturated carbocycles. The molecule has 0 aromatic rings. The second-order valence-corrected chi connectivity index (χ2v) is 12.4. The van der Waals surface area contributed by atoms with E-state index in [4.69, 9.17) is 0 Å². The molecule has 18 nitrogen and oxygen atoms in total. The number of rotatable bonds is 17. The minimum Gasteiger partial charge on any atom is -0.466 e. The molecule has 0 aliphatic rings. The van der Waals surface area contributed by atoms with Crippen molar-refractivity contribution in [3.63, 3.8) is 0 Å². The Hall–Kier alpha value is -4.77. The van der Waals surface area contributed by atoms with E-state index in [0.29, 0.717) is 59.5 Å². The summed E-state index contributed by atoms with van der Waals surface area (Å²) in [6.07, 6.45) is 14.0. The molecule has 0 atom stereocenters. The molecule has 0 rings (SSSR count). The van der Waals surface area contributed by atoms with Gasteiger partial charge in [-0.2, -0.15) is 0 Å². The number of hydrogen-bond acceptors (Lipinski definition) is 18. The molecule has 0 aromatic heterocycles. The van der Waals surface area contributed by atoms with E-state index in [0.717, 1.165) is 0 Å². The van der Waals surface area contributed by atoms with Gasteiger partial charge in [-0.3, -0.25) is 43.2 Å². The van der Waals surface area contributed by atoms with E-state index >= 15 is 0 Å². The number of carbonyl (C=O) groups excluding carboxylic acids is 9. The van der Waals surface area contributed by atoms with Gasteiger partial charge in [0.2, 0.25) is 0 Å². The molecule has 0 aromatic carbocycles. The Morgan fingerprint density at radius 1 is 0.191 bits per heavy atom. The Morgan fingerprint density at radius 3 is 0.309 bits per heavy atom. The SMILES string of the molecule is CCCCCCC.CCCCCCC.CCOC(C)=O.CCOC(C)=O.CCOC(C)=O.CCOC(C)=O.CCOC(C)=O.CCOC(C)=O.CCOC(C)=O.CCOC(C)=O.CCOC(C)=O. The summed E-state index contributed by atoms with van der Waals surface area (Å²) in [5, 5.41) is 0. The molecule has 412 valence electrons. The first-order chi connectivity index (χ1) is 31.8. The van der Waals surface area contributed by atoms with Crippen LogP contribution in [0.1, 0.15) is 217 Å². The maximum Gasteiger partial charge on any atom is 0.302 e. The standard InChI is InChI=1S/2C7H16.9C4H8O2/c2*1-3-5-7-6-4-2;9*1-3-6-4(2)5/h2*3-7H2,1-2H3;9*3H2,1-2H3. The largest absolute Gasteiger partial charge is 0.466 e. The zero-order valence-electron chi connectivity index (χ0n) is 47.3. The number of esters is 9. The number of carbonyl (C=O) groups is 9. The fraction of sp³-hybridized carbons (Fsp3) is 0.820. The van der Waals surface area contributed by atoms with Crippen LogP contribution in [0.15, 0.2) is 0 Å². The number of unbranched alkanes of at least 4 members (excludes halogenated alkanes) is 8. The summed E-state index contributed by atoms with van der Waals surface area (Å²) in [7, 11) is 0. The van der Waals surface area contributed by atoms with E-state index in [-0.39, 0.29) is 53.7 Å². The summed E-state index contributed by atoms with van der Waals surface area (Å²) in [5.74, 6) is -1.90. The lowest BCUT2D eigenvalue weighted by atomic mass is 10.2. The highest BCUT2D eigenvalue weighted by molar-refractivity contribution is 5.68. The molecular formula is C50H104O18. The van der Waals surface area contributed by atoms with Gasteiger partial charge in [0.15, 0.2) is 0 Å². The lowest BCUT2D eigenvalue weighted by Crippen LogP contribution is -1.95. The summed E-state index contributed by atoms with van der Waals surface area (Å²) in [4.78, 5) is 88.4. The van der Waals surface area contributed by atoms with Gasteiger partial charge < -0.3 is 42.6 Å². The predicted molar refractivity (Wildman–Crippen MR) is 270 cm³/mol. The van der Waals surface area contributed by atoms with E-state index in [2.05, 4.69) is 70.3 Å². The smallest absolute Gasteiger partial charge is 0.302 e. The van der Waals surface area contributed by atoms with Crippen LogP contribution >= 0.6 is 0 Å². The molecule has 0 fully saturated rings. The van der Waals surface area contributed by atoms with Crippen LogP contribution in [0, 0.1) is 0 Å². The van der Waals surface area contributed by atoms with Crippen LogP contribution in [-0.4, -0.2) is 113 Å². The van der Waals surface area contributed by atoms with Crippen molar-refractivity contribution in [3.05, 3.63) is 0 Å². The highest BCUT2D eigenvalue weighted by Crippen LogP contribution is 2.00. The molecule has 0 amide bonds. The van der Waals surface area contributed by atoms with Crippen LogP contribution in [0.25, 0.3) is 0 Å². The highest BCUT2D eigenvalue weighted by Gasteiger charge is 1.86. The molecule has 0 spiro atoms. The van der Waals surface area contributed by atoms with Crippen molar-refractivity contribution >= 4 is 53.7 Å². The molecule has 0 bridgehead atoms. The summed E-state index contributed by atoms with van der Waals surface area (Å²) in [5.41, 5.74) is 0. The topological polar surface area (TPSA) is 237 Å². The Bertz CT molecular complexity index is 817. The minimum absolute atomic E-state index is 0.211. The van der Waals surface area contributed by atoms with Crippen molar-refractivity contribution in [2.45, 2.75) is 217 Å². The highest BCUT2D eigenvalue weighted by atomic mass is 16.6. The minimum atomic E-state index is -0.211. The fourth-order valence-corrected chi connectivity index (χ4v) is 3.18. The van der Waals surface area contributed by atoms with E-state index in [1.807, 2.05) is 0 Å². The normalized spacial score (nSPS) is 8.03. The maximum atomic E-state index is 9.82. The van der Waals surface area contributed by atoms with Gasteiger partial charge in [-0.25, -0.2) is 0 Å². The zero-order chi connectivity index (χ0) is 56.0. The van der Waals surface area contributed by atoms with Crippen molar-refractivity contribution in [2.24, 2.45) is 0 Å². The Labute approximate surface area is 414 Å². The summed E-state index contributed by atoms with van der Waals surface area (Å²) < 4.78 is 39.6. The van der Waals surface area contributed by atoms with Gasteiger partial charge in [0.05, 0.1) is 59.5 Å². The lowest BCUT2D eigenvalue weighted by molar-refractivity contribution is -0.141. The van der Waals surface area contributed by atoms with Crippen LogP contribution in [-0.2, 0) is 85.8 Å². The van der Waals surface area contributed by atoms with Gasteiger partial charge in [-0.05, 0) is 62.3 Å². The van der Waals surface area contributed by atoms with Crippen LogP contribution in [0.4, 0.5) is 0 Å². The van der Waals surface area contributed by atoms with Gasteiger partial charge >= 0.3 is 53.7 Å². The van der Waals surface area contributed by atoms with Crippen molar-refractivity contribution in [1.29, 1.82) is 0 Å². The Kier molecular flexibility index (Phi) is 122. The van der Waals surface area contributed by atoms with Crippen LogP contribution < -0.4 is 0 Å². The number of hydrogen-bond donors (Lipinski definition) is 0. The lowest BCUT2D eigenvalue weighted by Gasteiger charge is -1.90. The molecule has 18 heteroatoms. The third-order valence-electron chi connectivity index (χ3n) is 5.54. The first kappa shape index (κ1) is 89.8. The summed E-state index contributed by atoms with van der Waals surface area (Å²) >= 11 is 0. The average molecular weight is 993 g/mol. The molecular weight excluding hydrogens is 889 g/mol. The van der Waals surface area contributed by atoms with Gasteiger partial charge in [0.1, 0.15) is 0 Å². The van der Waals surface area contributed by atoms with Crippen LogP contribution in [0.2, 0.25) is 0 Å². The van der Waals surface area contributed by atoms with Gasteiger partial charge in [0.25, 0.3) is 0 Å². The molecule has 0 radical (unpaired) electrons. The zero-order valence-corrected chi connectivity index (χ0v) is 47.3. The van der Waals surface area contributed by atoms with Gasteiger partial charge in [-0.1, -0.05) is 91.9 Å². The van der Waals surface area contributed by atoms with Crippen molar-refractivity contribution in [2.75, 3.05) is 59.5 Å². The van der Waals surface area contributed by atoms with Gasteiger partial charge in [-0.15, -0.1) is 0 Å². The van der Waals surface area contributed by atoms with Crippen molar-refractivity contribution < 1.29 is 85.8 Å². The fourth-order valence-electron chi connectivity index (χ4n) is 3.18.